The van der Waals surface area contributed by atoms with Gasteiger partial charge >= 0.3 is 0 Å². The van der Waals surface area contributed by atoms with Crippen molar-refractivity contribution in [2.24, 2.45) is 0 Å². The summed E-state index contributed by atoms with van der Waals surface area (Å²) in [5.74, 6) is 0.417. The molecule has 8 nitrogen and oxygen atoms in total. The van der Waals surface area contributed by atoms with Crippen LogP contribution in [0.2, 0.25) is 5.02 Å². The molecule has 35 heavy (non-hydrogen) atoms. The van der Waals surface area contributed by atoms with Gasteiger partial charge in [-0.1, -0.05) is 29.8 Å². The molecule has 2 aromatic carbocycles. The van der Waals surface area contributed by atoms with Gasteiger partial charge in [-0.2, -0.15) is 0 Å². The number of benzene rings is 2. The zero-order valence-corrected chi connectivity index (χ0v) is 20.4. The van der Waals surface area contributed by atoms with Gasteiger partial charge in [0.1, 0.15) is 5.75 Å². The number of para-hydroxylation sites is 1. The Morgan fingerprint density at radius 3 is 2.74 bits per heavy atom. The van der Waals surface area contributed by atoms with Gasteiger partial charge in [-0.3, -0.25) is 19.5 Å². The van der Waals surface area contributed by atoms with E-state index in [1.807, 2.05) is 29.2 Å². The lowest BCUT2D eigenvalue weighted by Crippen LogP contribution is -2.47. The smallest absolute Gasteiger partial charge is 0.255 e. The first-order chi connectivity index (χ1) is 17.0. The second kappa shape index (κ2) is 10.2. The Hall–Kier alpha value is -3.20. The maximum Gasteiger partial charge on any atom is 0.255 e. The van der Waals surface area contributed by atoms with Gasteiger partial charge in [-0.25, -0.2) is 0 Å². The van der Waals surface area contributed by atoms with E-state index < -0.39 is 0 Å². The van der Waals surface area contributed by atoms with Crippen molar-refractivity contribution in [3.05, 3.63) is 64.3 Å². The van der Waals surface area contributed by atoms with Crippen molar-refractivity contribution in [3.63, 3.8) is 0 Å². The van der Waals surface area contributed by atoms with Crippen LogP contribution in [0, 0.1) is 0 Å². The number of rotatable bonds is 5. The van der Waals surface area contributed by atoms with Gasteiger partial charge in [-0.15, -0.1) is 0 Å². The monoisotopic (exact) mass is 493 g/mol. The number of piperazine rings is 1. The normalized spacial score (nSPS) is 16.1. The van der Waals surface area contributed by atoms with E-state index in [-0.39, 0.29) is 18.4 Å². The van der Waals surface area contributed by atoms with Gasteiger partial charge in [0.15, 0.2) is 0 Å². The maximum atomic E-state index is 13.7. The maximum absolute atomic E-state index is 13.7. The molecule has 0 radical (unpaired) electrons. The number of carbonyl (C=O) groups excluding carboxylic acids is 2. The molecular weight excluding hydrogens is 466 g/mol. The number of hydrogen-bond acceptors (Lipinski definition) is 6. The number of aromatic nitrogens is 1. The number of anilines is 1. The molecule has 1 aromatic heterocycles. The second-order valence-electron chi connectivity index (χ2n) is 8.82. The largest absolute Gasteiger partial charge is 0.495 e. The van der Waals surface area contributed by atoms with Gasteiger partial charge < -0.3 is 20.3 Å². The lowest BCUT2D eigenvalue weighted by molar-refractivity contribution is -0.117. The predicted molar refractivity (Wildman–Crippen MR) is 136 cm³/mol. The van der Waals surface area contributed by atoms with E-state index in [9.17, 15) is 9.59 Å². The number of pyridine rings is 1. The molecule has 0 bridgehead atoms. The van der Waals surface area contributed by atoms with Crippen LogP contribution in [0.5, 0.6) is 5.75 Å². The summed E-state index contributed by atoms with van der Waals surface area (Å²) in [6.45, 7) is 4.28. The lowest BCUT2D eigenvalue weighted by atomic mass is 9.94. The third kappa shape index (κ3) is 4.96. The first kappa shape index (κ1) is 23.5. The molecule has 9 heteroatoms. The minimum atomic E-state index is -0.169. The molecule has 0 unspecified atom stereocenters. The molecule has 182 valence electrons. The highest BCUT2D eigenvalue weighted by molar-refractivity contribution is 6.31. The van der Waals surface area contributed by atoms with Crippen LogP contribution in [-0.4, -0.2) is 73.0 Å². The zero-order chi connectivity index (χ0) is 24.4. The summed E-state index contributed by atoms with van der Waals surface area (Å²) in [5, 5.41) is 7.59. The lowest BCUT2D eigenvalue weighted by Gasteiger charge is -2.32. The molecule has 0 atom stereocenters. The van der Waals surface area contributed by atoms with Gasteiger partial charge in [0.05, 0.1) is 30.4 Å². The Morgan fingerprint density at radius 2 is 1.94 bits per heavy atom. The van der Waals surface area contributed by atoms with E-state index in [1.165, 1.54) is 0 Å². The molecule has 0 spiro atoms. The SMILES string of the molecule is COc1ccc(Cl)cc1NC(=O)CN1CCc2nc3ccccc3c(C(=O)N3CCNCC3)c2C1. The Morgan fingerprint density at radius 1 is 1.14 bits per heavy atom. The van der Waals surface area contributed by atoms with Crippen LogP contribution in [0.4, 0.5) is 5.69 Å². The van der Waals surface area contributed by atoms with Crippen molar-refractivity contribution < 1.29 is 14.3 Å². The number of ether oxygens (including phenoxy) is 1. The third-order valence-corrected chi connectivity index (χ3v) is 6.78. The summed E-state index contributed by atoms with van der Waals surface area (Å²) >= 11 is 6.10. The average Bonchev–Trinajstić information content (AvgIpc) is 2.87. The van der Waals surface area contributed by atoms with Crippen LogP contribution in [0.25, 0.3) is 10.9 Å². The van der Waals surface area contributed by atoms with Crippen LogP contribution in [0.3, 0.4) is 0 Å². The number of methoxy groups -OCH3 is 1. The summed E-state index contributed by atoms with van der Waals surface area (Å²) in [4.78, 5) is 35.4. The van der Waals surface area contributed by atoms with Crippen LogP contribution >= 0.6 is 11.6 Å². The van der Waals surface area contributed by atoms with Crippen LogP contribution < -0.4 is 15.4 Å². The van der Waals surface area contributed by atoms with Gasteiger partial charge in [-0.05, 0) is 24.3 Å². The van der Waals surface area contributed by atoms with Crippen molar-refractivity contribution in [1.29, 1.82) is 0 Å². The standard InChI is InChI=1S/C26H28ClN5O3/c1-35-23-7-6-17(27)14-22(23)30-24(33)16-31-11-8-21-19(15-31)25(18-4-2-3-5-20(18)29-21)26(34)32-12-9-28-10-13-32/h2-7,14,28H,8-13,15-16H2,1H3,(H,30,33). The minimum Gasteiger partial charge on any atom is -0.495 e. The van der Waals surface area contributed by atoms with E-state index in [2.05, 4.69) is 15.5 Å². The molecule has 3 heterocycles. The molecule has 0 saturated carbocycles. The summed E-state index contributed by atoms with van der Waals surface area (Å²) in [7, 11) is 1.55. The van der Waals surface area contributed by atoms with Crippen LogP contribution in [-0.2, 0) is 17.8 Å². The van der Waals surface area contributed by atoms with E-state index in [1.54, 1.807) is 25.3 Å². The number of nitrogens with one attached hydrogen (secondary N) is 2. The van der Waals surface area contributed by atoms with Crippen molar-refractivity contribution in [2.45, 2.75) is 13.0 Å². The molecule has 2 aliphatic heterocycles. The van der Waals surface area contributed by atoms with Gasteiger partial charge in [0, 0.05) is 67.4 Å². The molecule has 3 aromatic rings. The van der Waals surface area contributed by atoms with Gasteiger partial charge in [0.25, 0.3) is 5.91 Å². The molecule has 2 N–H and O–H groups in total. The molecule has 0 aliphatic carbocycles. The quantitative estimate of drug-likeness (QED) is 0.568. The molecular formula is C26H28ClN5O3. The van der Waals surface area contributed by atoms with Crippen molar-refractivity contribution in [1.82, 2.24) is 20.1 Å². The van der Waals surface area contributed by atoms with Crippen molar-refractivity contribution in [3.8, 4) is 5.75 Å². The highest BCUT2D eigenvalue weighted by Crippen LogP contribution is 2.30. The predicted octanol–water partition coefficient (Wildman–Crippen LogP) is 2.94. The molecule has 2 aliphatic rings. The molecule has 1 fully saturated rings. The Balaban J connectivity index is 1.41. The molecule has 5 rings (SSSR count). The van der Waals surface area contributed by atoms with Crippen molar-refractivity contribution >= 4 is 40.0 Å². The van der Waals surface area contributed by atoms with E-state index in [0.29, 0.717) is 54.6 Å². The fourth-order valence-corrected chi connectivity index (χ4v) is 4.99. The van der Waals surface area contributed by atoms with E-state index in [0.717, 1.165) is 35.2 Å². The zero-order valence-electron chi connectivity index (χ0n) is 19.6. The van der Waals surface area contributed by atoms with Crippen LogP contribution in [0.1, 0.15) is 21.6 Å². The molecule has 2 amide bonds. The van der Waals surface area contributed by atoms with E-state index >= 15 is 0 Å². The second-order valence-corrected chi connectivity index (χ2v) is 9.26. The highest BCUT2D eigenvalue weighted by atomic mass is 35.5. The summed E-state index contributed by atoms with van der Waals surface area (Å²) in [6, 6.07) is 12.9. The van der Waals surface area contributed by atoms with Crippen molar-refractivity contribution in [2.75, 3.05) is 51.7 Å². The topological polar surface area (TPSA) is 86.8 Å². The first-order valence-corrected chi connectivity index (χ1v) is 12.2. The Kier molecular flexibility index (Phi) is 6.86. The Labute approximate surface area is 209 Å². The highest BCUT2D eigenvalue weighted by Gasteiger charge is 2.29. The number of halogens is 1. The number of amides is 2. The van der Waals surface area contributed by atoms with E-state index in [4.69, 9.17) is 21.3 Å². The fraction of sp³-hybridized carbons (Fsp3) is 0.346. The number of fused-ring (bicyclic) bond motifs is 2. The average molecular weight is 494 g/mol. The molecule has 1 saturated heterocycles. The fourth-order valence-electron chi connectivity index (χ4n) is 4.82. The van der Waals surface area contributed by atoms with Gasteiger partial charge in [0.2, 0.25) is 5.91 Å². The van der Waals surface area contributed by atoms with Crippen LogP contribution in [0.15, 0.2) is 42.5 Å². The summed E-state index contributed by atoms with van der Waals surface area (Å²) < 4.78 is 5.34. The number of nitrogens with zero attached hydrogens (tertiary/aromatic N) is 3. The Bertz CT molecular complexity index is 1280. The number of hydrogen-bond donors (Lipinski definition) is 2. The summed E-state index contributed by atoms with van der Waals surface area (Å²) in [6.07, 6.45) is 0.676. The minimum absolute atomic E-state index is 0.0383. The summed E-state index contributed by atoms with van der Waals surface area (Å²) in [5.41, 5.74) is 3.95. The number of carbonyl (C=O) groups is 2. The third-order valence-electron chi connectivity index (χ3n) is 6.55. The first-order valence-electron chi connectivity index (χ1n) is 11.8.